The average Bonchev–Trinajstić information content (AvgIpc) is 3.12. The molecular formula is C20H28N6O3. The van der Waals surface area contributed by atoms with Crippen molar-refractivity contribution in [2.45, 2.75) is 26.7 Å². The monoisotopic (exact) mass is 400 g/mol. The largest absolute Gasteiger partial charge is 0.493 e. The first-order chi connectivity index (χ1) is 14.1. The van der Waals surface area contributed by atoms with Gasteiger partial charge in [-0.05, 0) is 19.4 Å². The molecule has 0 atom stereocenters. The molecule has 3 aromatic rings. The van der Waals surface area contributed by atoms with E-state index < -0.39 is 0 Å². The molecule has 0 fully saturated rings. The third kappa shape index (κ3) is 5.26. The van der Waals surface area contributed by atoms with Gasteiger partial charge in [-0.3, -0.25) is 5.10 Å². The van der Waals surface area contributed by atoms with Crippen LogP contribution in [0.1, 0.15) is 25.5 Å². The van der Waals surface area contributed by atoms with Gasteiger partial charge >= 0.3 is 0 Å². The first-order valence-electron chi connectivity index (χ1n) is 9.69. The fourth-order valence-electron chi connectivity index (χ4n) is 2.78. The number of nitrogens with one attached hydrogen (secondary N) is 3. The van der Waals surface area contributed by atoms with Crippen molar-refractivity contribution in [3.63, 3.8) is 0 Å². The molecule has 0 aliphatic rings. The van der Waals surface area contributed by atoms with E-state index in [1.54, 1.807) is 14.2 Å². The molecule has 3 rings (SSSR count). The number of hydrogen-bond acceptors (Lipinski definition) is 8. The lowest BCUT2D eigenvalue weighted by Crippen LogP contribution is -2.11. The Labute approximate surface area is 170 Å². The van der Waals surface area contributed by atoms with Gasteiger partial charge in [-0.2, -0.15) is 10.1 Å². The van der Waals surface area contributed by atoms with Crippen LogP contribution in [-0.2, 0) is 4.74 Å². The number of rotatable bonds is 11. The molecule has 2 aromatic heterocycles. The molecule has 0 saturated heterocycles. The number of H-pyrrole nitrogens is 1. The van der Waals surface area contributed by atoms with Crippen LogP contribution < -0.4 is 20.1 Å². The number of benzene rings is 1. The van der Waals surface area contributed by atoms with Crippen LogP contribution >= 0.6 is 0 Å². The van der Waals surface area contributed by atoms with Gasteiger partial charge in [0.2, 0.25) is 5.95 Å². The number of ether oxygens (including phenoxy) is 3. The van der Waals surface area contributed by atoms with Crippen LogP contribution in [-0.4, -0.2) is 54.1 Å². The van der Waals surface area contributed by atoms with Gasteiger partial charge in [0.25, 0.3) is 0 Å². The number of aromatic nitrogens is 4. The molecule has 0 aliphatic heterocycles. The number of nitrogens with zero attached hydrogens (tertiary/aromatic N) is 3. The quantitative estimate of drug-likeness (QED) is 0.419. The van der Waals surface area contributed by atoms with Gasteiger partial charge in [-0.25, -0.2) is 4.98 Å². The average molecular weight is 400 g/mol. The first kappa shape index (κ1) is 20.7. The number of fused-ring (bicyclic) bond motifs is 1. The van der Waals surface area contributed by atoms with E-state index in [1.807, 2.05) is 25.1 Å². The van der Waals surface area contributed by atoms with Crippen LogP contribution in [0.2, 0.25) is 0 Å². The molecule has 0 aliphatic carbocycles. The molecule has 0 amide bonds. The summed E-state index contributed by atoms with van der Waals surface area (Å²) in [5.41, 5.74) is 1.69. The Morgan fingerprint density at radius 3 is 2.62 bits per heavy atom. The second kappa shape index (κ2) is 9.92. The predicted molar refractivity (Wildman–Crippen MR) is 113 cm³/mol. The van der Waals surface area contributed by atoms with Crippen LogP contribution in [0, 0.1) is 6.92 Å². The Morgan fingerprint density at radius 1 is 1.07 bits per heavy atom. The number of aromatic amines is 1. The Kier molecular flexibility index (Phi) is 7.07. The summed E-state index contributed by atoms with van der Waals surface area (Å²) in [6, 6.07) is 5.68. The lowest BCUT2D eigenvalue weighted by molar-refractivity contribution is 0.210. The molecule has 0 spiro atoms. The molecule has 29 heavy (non-hydrogen) atoms. The van der Waals surface area contributed by atoms with E-state index in [0.717, 1.165) is 29.4 Å². The molecule has 9 nitrogen and oxygen atoms in total. The molecule has 0 bridgehead atoms. The molecule has 3 N–H and O–H groups in total. The number of anilines is 3. The zero-order chi connectivity index (χ0) is 20.6. The standard InChI is InChI=1S/C20H28N6O3/c1-5-6-8-29-17-12-15-14(11-16(17)28-4)19(23-18-10-13(2)25-26-18)24-20(22-15)21-7-9-27-3/h10-12H,5-9H2,1-4H3,(H3,21,22,23,24,25,26). The van der Waals surface area contributed by atoms with Crippen molar-refractivity contribution in [3.8, 4) is 11.5 Å². The topological polar surface area (TPSA) is 106 Å². The van der Waals surface area contributed by atoms with Gasteiger partial charge < -0.3 is 24.8 Å². The smallest absolute Gasteiger partial charge is 0.225 e. The zero-order valence-electron chi connectivity index (χ0n) is 17.3. The van der Waals surface area contributed by atoms with E-state index in [9.17, 15) is 0 Å². The maximum absolute atomic E-state index is 5.91. The zero-order valence-corrected chi connectivity index (χ0v) is 17.3. The maximum Gasteiger partial charge on any atom is 0.225 e. The van der Waals surface area contributed by atoms with Crippen molar-refractivity contribution >= 4 is 28.5 Å². The van der Waals surface area contributed by atoms with E-state index in [2.05, 4.69) is 37.7 Å². The minimum absolute atomic E-state index is 0.494. The van der Waals surface area contributed by atoms with Crippen LogP contribution in [0.5, 0.6) is 11.5 Å². The Balaban J connectivity index is 2.01. The van der Waals surface area contributed by atoms with Crippen LogP contribution in [0.4, 0.5) is 17.6 Å². The fourth-order valence-corrected chi connectivity index (χ4v) is 2.78. The van der Waals surface area contributed by atoms with Crippen molar-refractivity contribution in [1.29, 1.82) is 0 Å². The fraction of sp³-hybridized carbons (Fsp3) is 0.450. The van der Waals surface area contributed by atoms with E-state index in [0.29, 0.717) is 48.8 Å². The summed E-state index contributed by atoms with van der Waals surface area (Å²) >= 11 is 0. The summed E-state index contributed by atoms with van der Waals surface area (Å²) in [6.07, 6.45) is 2.03. The van der Waals surface area contributed by atoms with Gasteiger partial charge in [0.15, 0.2) is 17.3 Å². The first-order valence-corrected chi connectivity index (χ1v) is 9.69. The second-order valence-corrected chi connectivity index (χ2v) is 6.60. The number of unbranched alkanes of at least 4 members (excludes halogenated alkanes) is 1. The third-order valence-electron chi connectivity index (χ3n) is 4.28. The van der Waals surface area contributed by atoms with Gasteiger partial charge in [0.05, 0.1) is 25.8 Å². The normalized spacial score (nSPS) is 10.9. The molecule has 2 heterocycles. The molecule has 156 valence electrons. The third-order valence-corrected chi connectivity index (χ3v) is 4.28. The number of hydrogen-bond donors (Lipinski definition) is 3. The highest BCUT2D eigenvalue weighted by molar-refractivity contribution is 5.94. The van der Waals surface area contributed by atoms with Gasteiger partial charge in [0.1, 0.15) is 5.82 Å². The van der Waals surface area contributed by atoms with E-state index >= 15 is 0 Å². The minimum Gasteiger partial charge on any atom is -0.493 e. The molecule has 0 saturated carbocycles. The minimum atomic E-state index is 0.494. The van der Waals surface area contributed by atoms with Crippen LogP contribution in [0.15, 0.2) is 18.2 Å². The summed E-state index contributed by atoms with van der Waals surface area (Å²) in [5, 5.41) is 14.4. The Morgan fingerprint density at radius 2 is 1.93 bits per heavy atom. The van der Waals surface area contributed by atoms with Gasteiger partial charge in [0, 0.05) is 36.9 Å². The summed E-state index contributed by atoms with van der Waals surface area (Å²) in [6.45, 7) is 5.84. The van der Waals surface area contributed by atoms with Crippen LogP contribution in [0.3, 0.4) is 0 Å². The molecule has 9 heteroatoms. The summed E-state index contributed by atoms with van der Waals surface area (Å²) < 4.78 is 16.6. The van der Waals surface area contributed by atoms with Crippen molar-refractivity contribution in [1.82, 2.24) is 20.2 Å². The van der Waals surface area contributed by atoms with Crippen molar-refractivity contribution < 1.29 is 14.2 Å². The SMILES string of the molecule is CCCCOc1cc2nc(NCCOC)nc(Nc3cc(C)[nH]n3)c2cc1OC. The highest BCUT2D eigenvalue weighted by Crippen LogP contribution is 2.35. The molecule has 0 unspecified atom stereocenters. The number of aryl methyl sites for hydroxylation is 1. The summed E-state index contributed by atoms with van der Waals surface area (Å²) in [4.78, 5) is 9.26. The molecule has 0 radical (unpaired) electrons. The van der Waals surface area contributed by atoms with Crippen molar-refractivity contribution in [2.24, 2.45) is 0 Å². The van der Waals surface area contributed by atoms with Gasteiger partial charge in [-0.1, -0.05) is 13.3 Å². The van der Waals surface area contributed by atoms with E-state index in [4.69, 9.17) is 14.2 Å². The Bertz CT molecular complexity index is 943. The van der Waals surface area contributed by atoms with Crippen molar-refractivity contribution in [3.05, 3.63) is 23.9 Å². The highest BCUT2D eigenvalue weighted by atomic mass is 16.5. The van der Waals surface area contributed by atoms with Crippen LogP contribution in [0.25, 0.3) is 10.9 Å². The molecule has 1 aromatic carbocycles. The Hall–Kier alpha value is -3.07. The lowest BCUT2D eigenvalue weighted by atomic mass is 10.2. The van der Waals surface area contributed by atoms with E-state index in [1.165, 1.54) is 0 Å². The predicted octanol–water partition coefficient (Wildman–Crippen LogP) is 3.65. The second-order valence-electron chi connectivity index (χ2n) is 6.60. The maximum atomic E-state index is 5.91. The molecular weight excluding hydrogens is 372 g/mol. The lowest BCUT2D eigenvalue weighted by Gasteiger charge is -2.15. The van der Waals surface area contributed by atoms with Crippen molar-refractivity contribution in [2.75, 3.05) is 44.6 Å². The van der Waals surface area contributed by atoms with E-state index in [-0.39, 0.29) is 0 Å². The highest BCUT2D eigenvalue weighted by Gasteiger charge is 2.15. The number of methoxy groups -OCH3 is 2. The summed E-state index contributed by atoms with van der Waals surface area (Å²) in [7, 11) is 3.28. The summed E-state index contributed by atoms with van der Waals surface area (Å²) in [5.74, 6) is 3.09. The van der Waals surface area contributed by atoms with Gasteiger partial charge in [-0.15, -0.1) is 0 Å².